The molecule has 3 rings (SSSR count). The molecule has 3 heterocycles. The smallest absolute Gasteiger partial charge is 0.276 e. The SMILES string of the molecule is CCC1COC(C)CN1C(=O)c1cn(C2CCNCC2)nn1. The van der Waals surface area contributed by atoms with Crippen LogP contribution in [0.25, 0.3) is 0 Å². The average molecular weight is 307 g/mol. The maximum absolute atomic E-state index is 12.8. The van der Waals surface area contributed by atoms with E-state index < -0.39 is 0 Å². The van der Waals surface area contributed by atoms with Crippen molar-refractivity contribution in [3.8, 4) is 0 Å². The fourth-order valence-corrected chi connectivity index (χ4v) is 3.20. The van der Waals surface area contributed by atoms with Crippen molar-refractivity contribution in [3.63, 3.8) is 0 Å². The molecule has 2 saturated heterocycles. The van der Waals surface area contributed by atoms with Crippen LogP contribution >= 0.6 is 0 Å². The summed E-state index contributed by atoms with van der Waals surface area (Å²) in [6.45, 7) is 7.29. The van der Waals surface area contributed by atoms with Crippen molar-refractivity contribution in [2.24, 2.45) is 0 Å². The van der Waals surface area contributed by atoms with Crippen LogP contribution in [0.3, 0.4) is 0 Å². The van der Waals surface area contributed by atoms with E-state index in [2.05, 4.69) is 22.6 Å². The monoisotopic (exact) mass is 307 g/mol. The molecule has 122 valence electrons. The predicted octanol–water partition coefficient (Wildman–Crippen LogP) is 0.842. The number of ether oxygens (including phenoxy) is 1. The van der Waals surface area contributed by atoms with E-state index in [1.807, 2.05) is 22.7 Å². The Morgan fingerprint density at radius 1 is 1.45 bits per heavy atom. The summed E-state index contributed by atoms with van der Waals surface area (Å²) in [7, 11) is 0. The molecule has 0 bridgehead atoms. The van der Waals surface area contributed by atoms with Gasteiger partial charge in [0, 0.05) is 6.54 Å². The summed E-state index contributed by atoms with van der Waals surface area (Å²) in [6, 6.07) is 0.480. The van der Waals surface area contributed by atoms with Gasteiger partial charge in [0.05, 0.1) is 31.0 Å². The van der Waals surface area contributed by atoms with Crippen LogP contribution in [-0.2, 0) is 4.74 Å². The normalized spacial score (nSPS) is 27.1. The Morgan fingerprint density at radius 3 is 2.95 bits per heavy atom. The number of carbonyl (C=O) groups excluding carboxylic acids is 1. The average Bonchev–Trinajstić information content (AvgIpc) is 3.05. The third-order valence-corrected chi connectivity index (χ3v) is 4.61. The highest BCUT2D eigenvalue weighted by molar-refractivity contribution is 5.92. The summed E-state index contributed by atoms with van der Waals surface area (Å²) in [5.41, 5.74) is 0.450. The van der Waals surface area contributed by atoms with E-state index in [0.717, 1.165) is 32.4 Å². The Labute approximate surface area is 131 Å². The van der Waals surface area contributed by atoms with E-state index in [0.29, 0.717) is 24.9 Å². The lowest BCUT2D eigenvalue weighted by molar-refractivity contribution is -0.0446. The molecule has 0 spiro atoms. The maximum Gasteiger partial charge on any atom is 0.276 e. The molecule has 7 nitrogen and oxygen atoms in total. The molecule has 0 saturated carbocycles. The summed E-state index contributed by atoms with van der Waals surface area (Å²) in [5.74, 6) is -0.0258. The summed E-state index contributed by atoms with van der Waals surface area (Å²) in [4.78, 5) is 14.6. The molecular formula is C15H25N5O2. The molecule has 0 aliphatic carbocycles. The summed E-state index contributed by atoms with van der Waals surface area (Å²) < 4.78 is 7.52. The summed E-state index contributed by atoms with van der Waals surface area (Å²) in [5, 5.41) is 11.6. The van der Waals surface area contributed by atoms with Gasteiger partial charge in [0.15, 0.2) is 5.69 Å². The van der Waals surface area contributed by atoms with Gasteiger partial charge >= 0.3 is 0 Å². The van der Waals surface area contributed by atoms with Crippen LogP contribution in [0.15, 0.2) is 6.20 Å². The predicted molar refractivity (Wildman–Crippen MR) is 81.7 cm³/mol. The minimum absolute atomic E-state index is 0.0258. The molecule has 1 N–H and O–H groups in total. The van der Waals surface area contributed by atoms with Crippen molar-refractivity contribution in [1.82, 2.24) is 25.2 Å². The number of rotatable bonds is 3. The van der Waals surface area contributed by atoms with E-state index in [1.54, 1.807) is 0 Å². The molecule has 2 aliphatic rings. The fourth-order valence-electron chi connectivity index (χ4n) is 3.20. The Balaban J connectivity index is 1.72. The largest absolute Gasteiger partial charge is 0.375 e. The van der Waals surface area contributed by atoms with Crippen molar-refractivity contribution >= 4 is 5.91 Å². The van der Waals surface area contributed by atoms with Crippen molar-refractivity contribution in [2.75, 3.05) is 26.2 Å². The molecule has 2 aliphatic heterocycles. The van der Waals surface area contributed by atoms with Crippen LogP contribution in [0.5, 0.6) is 0 Å². The highest BCUT2D eigenvalue weighted by atomic mass is 16.5. The zero-order valence-corrected chi connectivity index (χ0v) is 13.4. The van der Waals surface area contributed by atoms with Crippen LogP contribution < -0.4 is 5.32 Å². The Bertz CT molecular complexity index is 512. The second-order valence-electron chi connectivity index (χ2n) is 6.23. The van der Waals surface area contributed by atoms with E-state index in [-0.39, 0.29) is 18.1 Å². The molecule has 0 aromatic carbocycles. The van der Waals surface area contributed by atoms with Gasteiger partial charge in [-0.15, -0.1) is 5.10 Å². The number of piperidine rings is 1. The molecular weight excluding hydrogens is 282 g/mol. The van der Waals surface area contributed by atoms with Crippen LogP contribution in [0.4, 0.5) is 0 Å². The van der Waals surface area contributed by atoms with Gasteiger partial charge in [-0.1, -0.05) is 12.1 Å². The van der Waals surface area contributed by atoms with E-state index in [4.69, 9.17) is 4.74 Å². The standard InChI is InChI=1S/C15H25N5O2/c1-3-12-10-22-11(2)8-19(12)15(21)14-9-20(18-17-14)13-4-6-16-7-5-13/h9,11-13,16H,3-8,10H2,1-2H3. The summed E-state index contributed by atoms with van der Waals surface area (Å²) >= 11 is 0. The van der Waals surface area contributed by atoms with Crippen LogP contribution in [-0.4, -0.2) is 64.2 Å². The molecule has 1 aromatic heterocycles. The highest BCUT2D eigenvalue weighted by Crippen LogP contribution is 2.20. The molecule has 2 fully saturated rings. The number of nitrogens with one attached hydrogen (secondary N) is 1. The number of nitrogens with zero attached hydrogens (tertiary/aromatic N) is 4. The first kappa shape index (κ1) is 15.4. The zero-order valence-electron chi connectivity index (χ0n) is 13.4. The number of morpholine rings is 1. The van der Waals surface area contributed by atoms with Gasteiger partial charge in [-0.3, -0.25) is 4.79 Å². The van der Waals surface area contributed by atoms with Crippen molar-refractivity contribution in [2.45, 2.75) is 51.3 Å². The number of aromatic nitrogens is 3. The second kappa shape index (κ2) is 6.75. The minimum atomic E-state index is -0.0258. The molecule has 1 aromatic rings. The highest BCUT2D eigenvalue weighted by Gasteiger charge is 2.31. The summed E-state index contributed by atoms with van der Waals surface area (Å²) in [6.07, 6.45) is 4.84. The van der Waals surface area contributed by atoms with Crippen LogP contribution in [0.2, 0.25) is 0 Å². The van der Waals surface area contributed by atoms with Gasteiger partial charge in [0.1, 0.15) is 0 Å². The minimum Gasteiger partial charge on any atom is -0.375 e. The van der Waals surface area contributed by atoms with Crippen LogP contribution in [0, 0.1) is 0 Å². The van der Waals surface area contributed by atoms with Gasteiger partial charge in [-0.25, -0.2) is 4.68 Å². The molecule has 22 heavy (non-hydrogen) atoms. The van der Waals surface area contributed by atoms with Gasteiger partial charge in [-0.05, 0) is 39.3 Å². The number of hydrogen-bond acceptors (Lipinski definition) is 5. The quantitative estimate of drug-likeness (QED) is 0.896. The van der Waals surface area contributed by atoms with E-state index >= 15 is 0 Å². The Morgan fingerprint density at radius 2 is 2.23 bits per heavy atom. The van der Waals surface area contributed by atoms with Crippen molar-refractivity contribution in [1.29, 1.82) is 0 Å². The maximum atomic E-state index is 12.8. The van der Waals surface area contributed by atoms with Crippen LogP contribution in [0.1, 0.15) is 49.6 Å². The van der Waals surface area contributed by atoms with Gasteiger partial charge in [0.2, 0.25) is 0 Å². The molecule has 2 unspecified atom stereocenters. The zero-order chi connectivity index (χ0) is 15.5. The number of carbonyl (C=O) groups is 1. The van der Waals surface area contributed by atoms with Crippen molar-refractivity contribution in [3.05, 3.63) is 11.9 Å². The second-order valence-corrected chi connectivity index (χ2v) is 6.23. The first-order valence-electron chi connectivity index (χ1n) is 8.24. The Hall–Kier alpha value is -1.47. The molecule has 7 heteroatoms. The fraction of sp³-hybridized carbons (Fsp3) is 0.800. The third-order valence-electron chi connectivity index (χ3n) is 4.61. The third kappa shape index (κ3) is 3.15. The topological polar surface area (TPSA) is 72.3 Å². The van der Waals surface area contributed by atoms with E-state index in [1.165, 1.54) is 0 Å². The lowest BCUT2D eigenvalue weighted by Crippen LogP contribution is -2.51. The molecule has 1 amide bonds. The molecule has 2 atom stereocenters. The first-order chi connectivity index (χ1) is 10.7. The van der Waals surface area contributed by atoms with Gasteiger partial charge in [0.25, 0.3) is 5.91 Å². The lowest BCUT2D eigenvalue weighted by Gasteiger charge is -2.37. The molecule has 0 radical (unpaired) electrons. The Kier molecular flexibility index (Phi) is 4.73. The van der Waals surface area contributed by atoms with E-state index in [9.17, 15) is 4.79 Å². The van der Waals surface area contributed by atoms with Crippen molar-refractivity contribution < 1.29 is 9.53 Å². The first-order valence-corrected chi connectivity index (χ1v) is 8.24. The lowest BCUT2D eigenvalue weighted by atomic mass is 10.1. The van der Waals surface area contributed by atoms with Gasteiger partial charge < -0.3 is 15.0 Å². The van der Waals surface area contributed by atoms with Gasteiger partial charge in [-0.2, -0.15) is 0 Å². The number of hydrogen-bond donors (Lipinski definition) is 1. The number of amides is 1.